The molecule has 108 valence electrons. The summed E-state index contributed by atoms with van der Waals surface area (Å²) in [6.07, 6.45) is 0. The van der Waals surface area contributed by atoms with Gasteiger partial charge in [0.1, 0.15) is 15.7 Å². The van der Waals surface area contributed by atoms with Gasteiger partial charge in [0.25, 0.3) is 0 Å². The molecule has 7 heteroatoms. The minimum absolute atomic E-state index is 0.0223. The topological polar surface area (TPSA) is 73.1 Å². The number of nitrogens with two attached hydrogens (primary N) is 1. The number of hydrogen-bond donors (Lipinski definition) is 1. The Balaban J connectivity index is 2.03. The maximum Gasteiger partial charge on any atom is 0.188 e. The summed E-state index contributed by atoms with van der Waals surface area (Å²) in [4.78, 5) is 4.32. The summed E-state index contributed by atoms with van der Waals surface area (Å²) in [5.74, 6) is -0.208. The van der Waals surface area contributed by atoms with E-state index in [-0.39, 0.29) is 21.4 Å². The highest BCUT2D eigenvalue weighted by atomic mass is 35.5. The van der Waals surface area contributed by atoms with Gasteiger partial charge in [-0.2, -0.15) is 0 Å². The van der Waals surface area contributed by atoms with E-state index >= 15 is 0 Å². The predicted octanol–water partition coefficient (Wildman–Crippen LogP) is 3.51. The van der Waals surface area contributed by atoms with Crippen molar-refractivity contribution < 1.29 is 8.42 Å². The summed E-state index contributed by atoms with van der Waals surface area (Å²) in [5, 5.41) is 0.659. The van der Waals surface area contributed by atoms with Crippen LogP contribution in [-0.2, 0) is 15.6 Å². The third kappa shape index (κ3) is 2.74. The predicted molar refractivity (Wildman–Crippen MR) is 86.4 cm³/mol. The van der Waals surface area contributed by atoms with E-state index in [1.165, 1.54) is 23.5 Å². The Morgan fingerprint density at radius 1 is 1.14 bits per heavy atom. The molecular weight excluding hydrogens is 328 g/mol. The van der Waals surface area contributed by atoms with Crippen LogP contribution in [0, 0.1) is 0 Å². The van der Waals surface area contributed by atoms with Crippen molar-refractivity contribution in [3.63, 3.8) is 0 Å². The summed E-state index contributed by atoms with van der Waals surface area (Å²) < 4.78 is 26.0. The van der Waals surface area contributed by atoms with Crippen LogP contribution in [0.3, 0.4) is 0 Å². The van der Waals surface area contributed by atoms with E-state index in [0.717, 1.165) is 10.2 Å². The van der Waals surface area contributed by atoms with Gasteiger partial charge in [-0.25, -0.2) is 13.4 Å². The van der Waals surface area contributed by atoms with Gasteiger partial charge in [0.05, 0.1) is 20.9 Å². The number of rotatable bonds is 3. The molecule has 0 aliphatic heterocycles. The van der Waals surface area contributed by atoms with Crippen molar-refractivity contribution in [1.29, 1.82) is 0 Å². The van der Waals surface area contributed by atoms with E-state index in [9.17, 15) is 8.42 Å². The number of anilines is 1. The maximum atomic E-state index is 12.5. The second-order valence-corrected chi connectivity index (χ2v) is 7.94. The van der Waals surface area contributed by atoms with E-state index in [1.54, 1.807) is 6.07 Å². The van der Waals surface area contributed by atoms with Crippen LogP contribution in [0.2, 0.25) is 5.02 Å². The molecule has 0 saturated heterocycles. The van der Waals surface area contributed by atoms with Crippen LogP contribution >= 0.6 is 22.9 Å². The standard InChI is InChI=1S/C14H11ClN2O2S2/c15-9-4-3-5-10(16)14(9)21(18,19)8-13-17-11-6-1-2-7-12(11)20-13/h1-7H,8,16H2. The monoisotopic (exact) mass is 338 g/mol. The molecule has 0 radical (unpaired) electrons. The Labute approximate surface area is 131 Å². The van der Waals surface area contributed by atoms with E-state index in [2.05, 4.69) is 4.98 Å². The molecule has 0 aliphatic carbocycles. The van der Waals surface area contributed by atoms with E-state index in [0.29, 0.717) is 5.01 Å². The van der Waals surface area contributed by atoms with Gasteiger partial charge in [0, 0.05) is 0 Å². The second kappa shape index (κ2) is 5.29. The zero-order valence-electron chi connectivity index (χ0n) is 10.8. The molecule has 4 nitrogen and oxygen atoms in total. The first-order valence-electron chi connectivity index (χ1n) is 6.08. The van der Waals surface area contributed by atoms with Crippen LogP contribution in [0.5, 0.6) is 0 Å². The van der Waals surface area contributed by atoms with Crippen LogP contribution in [-0.4, -0.2) is 13.4 Å². The number of para-hydroxylation sites is 1. The average molecular weight is 339 g/mol. The lowest BCUT2D eigenvalue weighted by Gasteiger charge is -2.07. The molecular formula is C14H11ClN2O2S2. The Hall–Kier alpha value is -1.63. The van der Waals surface area contributed by atoms with Gasteiger partial charge in [-0.3, -0.25) is 0 Å². The molecule has 0 amide bonds. The van der Waals surface area contributed by atoms with Crippen molar-refractivity contribution >= 4 is 48.7 Å². The fourth-order valence-electron chi connectivity index (χ4n) is 2.07. The average Bonchev–Trinajstić information content (AvgIpc) is 2.79. The quantitative estimate of drug-likeness (QED) is 0.742. The molecule has 0 aliphatic rings. The van der Waals surface area contributed by atoms with Gasteiger partial charge >= 0.3 is 0 Å². The smallest absolute Gasteiger partial charge is 0.188 e. The van der Waals surface area contributed by atoms with Crippen LogP contribution in [0.4, 0.5) is 5.69 Å². The number of nitrogens with zero attached hydrogens (tertiary/aromatic N) is 1. The summed E-state index contributed by atoms with van der Waals surface area (Å²) in [6.45, 7) is 0. The zero-order valence-corrected chi connectivity index (χ0v) is 13.2. The fraction of sp³-hybridized carbons (Fsp3) is 0.0714. The first-order chi connectivity index (χ1) is 9.97. The molecule has 0 fully saturated rings. The fourth-order valence-corrected chi connectivity index (χ4v) is 5.39. The molecule has 0 unspecified atom stereocenters. The highest BCUT2D eigenvalue weighted by molar-refractivity contribution is 7.91. The van der Waals surface area contributed by atoms with E-state index < -0.39 is 9.84 Å². The van der Waals surface area contributed by atoms with Crippen molar-refractivity contribution in [3.8, 4) is 0 Å². The lowest BCUT2D eigenvalue weighted by molar-refractivity contribution is 0.595. The number of sulfone groups is 1. The number of nitrogen functional groups attached to an aromatic ring is 1. The van der Waals surface area contributed by atoms with Crippen LogP contribution in [0.25, 0.3) is 10.2 Å². The Morgan fingerprint density at radius 3 is 2.62 bits per heavy atom. The van der Waals surface area contributed by atoms with Crippen molar-refractivity contribution in [2.24, 2.45) is 0 Å². The molecule has 2 aromatic carbocycles. The summed E-state index contributed by atoms with van der Waals surface area (Å²) in [5.41, 5.74) is 6.70. The number of halogens is 1. The molecule has 3 rings (SSSR count). The maximum absolute atomic E-state index is 12.5. The van der Waals surface area contributed by atoms with Gasteiger partial charge < -0.3 is 5.73 Å². The van der Waals surface area contributed by atoms with Gasteiger partial charge in [-0.05, 0) is 24.3 Å². The number of benzene rings is 2. The molecule has 0 spiro atoms. The summed E-state index contributed by atoms with van der Waals surface area (Å²) in [6, 6.07) is 12.2. The molecule has 2 N–H and O–H groups in total. The first kappa shape index (κ1) is 14.3. The van der Waals surface area contributed by atoms with Crippen LogP contribution in [0.15, 0.2) is 47.4 Å². The van der Waals surface area contributed by atoms with E-state index in [4.69, 9.17) is 17.3 Å². The molecule has 0 bridgehead atoms. The Bertz CT molecular complexity index is 866. The SMILES string of the molecule is Nc1cccc(Cl)c1S(=O)(=O)Cc1nc2ccccc2s1. The minimum Gasteiger partial charge on any atom is -0.398 e. The highest BCUT2D eigenvalue weighted by Gasteiger charge is 2.23. The number of hydrogen-bond acceptors (Lipinski definition) is 5. The molecule has 21 heavy (non-hydrogen) atoms. The lowest BCUT2D eigenvalue weighted by atomic mass is 10.3. The molecule has 0 atom stereocenters. The molecule has 0 saturated carbocycles. The molecule has 3 aromatic rings. The second-order valence-electron chi connectivity index (χ2n) is 4.49. The lowest BCUT2D eigenvalue weighted by Crippen LogP contribution is -2.08. The normalized spacial score (nSPS) is 11.9. The summed E-state index contributed by atoms with van der Waals surface area (Å²) in [7, 11) is -3.63. The number of aromatic nitrogens is 1. The van der Waals surface area contributed by atoms with E-state index in [1.807, 2.05) is 24.3 Å². The molecule has 1 heterocycles. The highest BCUT2D eigenvalue weighted by Crippen LogP contribution is 2.31. The van der Waals surface area contributed by atoms with Crippen LogP contribution < -0.4 is 5.73 Å². The van der Waals surface area contributed by atoms with Crippen LogP contribution in [0.1, 0.15) is 5.01 Å². The first-order valence-corrected chi connectivity index (χ1v) is 8.93. The van der Waals surface area contributed by atoms with Crippen molar-refractivity contribution in [1.82, 2.24) is 4.98 Å². The third-order valence-corrected chi connectivity index (χ3v) is 6.34. The van der Waals surface area contributed by atoms with Gasteiger partial charge in [-0.15, -0.1) is 11.3 Å². The minimum atomic E-state index is -3.63. The zero-order chi connectivity index (χ0) is 15.0. The Kier molecular flexibility index (Phi) is 3.61. The van der Waals surface area contributed by atoms with Crippen molar-refractivity contribution in [3.05, 3.63) is 52.5 Å². The van der Waals surface area contributed by atoms with Crippen molar-refractivity contribution in [2.75, 3.05) is 5.73 Å². The largest absolute Gasteiger partial charge is 0.398 e. The number of thiazole rings is 1. The van der Waals surface area contributed by atoms with Crippen molar-refractivity contribution in [2.45, 2.75) is 10.6 Å². The third-order valence-electron chi connectivity index (χ3n) is 2.96. The Morgan fingerprint density at radius 2 is 1.90 bits per heavy atom. The van der Waals surface area contributed by atoms with Gasteiger partial charge in [-0.1, -0.05) is 29.8 Å². The van der Waals surface area contributed by atoms with Gasteiger partial charge in [0.15, 0.2) is 9.84 Å². The molecule has 1 aromatic heterocycles. The summed E-state index contributed by atoms with van der Waals surface area (Å²) >= 11 is 7.34. The van der Waals surface area contributed by atoms with Gasteiger partial charge in [0.2, 0.25) is 0 Å². The number of fused-ring (bicyclic) bond motifs is 1.